The summed E-state index contributed by atoms with van der Waals surface area (Å²) in [6.45, 7) is 4.90. The predicted molar refractivity (Wildman–Crippen MR) is 99.6 cm³/mol. The lowest BCUT2D eigenvalue weighted by Gasteiger charge is -2.18. The highest BCUT2D eigenvalue weighted by molar-refractivity contribution is 6.07. The van der Waals surface area contributed by atoms with E-state index in [1.165, 1.54) is 6.08 Å². The number of hydrogen-bond acceptors (Lipinski definition) is 5. The Hall–Kier alpha value is -2.95. The van der Waals surface area contributed by atoms with Crippen LogP contribution >= 0.6 is 0 Å². The monoisotopic (exact) mass is 354 g/mol. The van der Waals surface area contributed by atoms with Gasteiger partial charge >= 0.3 is 0 Å². The molecule has 26 heavy (non-hydrogen) atoms. The Morgan fingerprint density at radius 2 is 1.88 bits per heavy atom. The van der Waals surface area contributed by atoms with E-state index in [1.807, 2.05) is 32.0 Å². The smallest absolute Gasteiger partial charge is 0.185 e. The lowest BCUT2D eigenvalue weighted by atomic mass is 10.1. The molecule has 0 aromatic heterocycles. The van der Waals surface area contributed by atoms with Gasteiger partial charge in [0.1, 0.15) is 13.2 Å². The number of allylic oxidation sites excluding steroid dienone is 1. The van der Waals surface area contributed by atoms with Crippen LogP contribution in [0.3, 0.4) is 0 Å². The molecule has 0 N–H and O–H groups in total. The zero-order valence-electron chi connectivity index (χ0n) is 15.2. The number of fused-ring (bicyclic) bond motifs is 1. The Labute approximate surface area is 153 Å². The van der Waals surface area contributed by atoms with Gasteiger partial charge in [-0.25, -0.2) is 0 Å². The van der Waals surface area contributed by atoms with Gasteiger partial charge in [-0.2, -0.15) is 0 Å². The van der Waals surface area contributed by atoms with Gasteiger partial charge in [-0.3, -0.25) is 4.79 Å². The molecule has 3 rings (SSSR count). The Kier molecular flexibility index (Phi) is 5.46. The lowest BCUT2D eigenvalue weighted by Crippen LogP contribution is -2.15. The van der Waals surface area contributed by atoms with Crippen LogP contribution in [0.4, 0.5) is 0 Å². The number of ketones is 1. The van der Waals surface area contributed by atoms with Crippen LogP contribution < -0.4 is 18.9 Å². The molecule has 2 aromatic carbocycles. The van der Waals surface area contributed by atoms with Crippen molar-refractivity contribution in [2.45, 2.75) is 20.0 Å². The first-order chi connectivity index (χ1) is 12.6. The van der Waals surface area contributed by atoms with E-state index in [9.17, 15) is 4.79 Å². The standard InChI is InChI=1S/C21H22O5/c1-14(2)26-21-15(5-4-6-19(21)23-3)7-9-17(22)16-8-10-18-20(13-16)25-12-11-24-18/h4-10,13-14H,11-12H2,1-3H3. The Morgan fingerprint density at radius 3 is 2.62 bits per heavy atom. The summed E-state index contributed by atoms with van der Waals surface area (Å²) in [6, 6.07) is 10.8. The summed E-state index contributed by atoms with van der Waals surface area (Å²) < 4.78 is 22.2. The first-order valence-corrected chi connectivity index (χ1v) is 8.54. The zero-order valence-corrected chi connectivity index (χ0v) is 15.2. The number of rotatable bonds is 6. The summed E-state index contributed by atoms with van der Waals surface area (Å²) in [5.41, 5.74) is 1.32. The third kappa shape index (κ3) is 3.99. The van der Waals surface area contributed by atoms with E-state index in [2.05, 4.69) is 0 Å². The van der Waals surface area contributed by atoms with E-state index in [-0.39, 0.29) is 11.9 Å². The average Bonchev–Trinajstić information content (AvgIpc) is 2.66. The molecule has 0 fully saturated rings. The van der Waals surface area contributed by atoms with Gasteiger partial charge < -0.3 is 18.9 Å². The third-order valence-electron chi connectivity index (χ3n) is 3.82. The van der Waals surface area contributed by atoms with Gasteiger partial charge in [0.25, 0.3) is 0 Å². The van der Waals surface area contributed by atoms with E-state index in [0.717, 1.165) is 5.56 Å². The number of carbonyl (C=O) groups is 1. The van der Waals surface area contributed by atoms with Crippen molar-refractivity contribution >= 4 is 11.9 Å². The van der Waals surface area contributed by atoms with Gasteiger partial charge in [0.05, 0.1) is 13.2 Å². The second-order valence-corrected chi connectivity index (χ2v) is 6.10. The fraction of sp³-hybridized carbons (Fsp3) is 0.286. The maximum Gasteiger partial charge on any atom is 0.185 e. The topological polar surface area (TPSA) is 54.0 Å². The fourth-order valence-electron chi connectivity index (χ4n) is 2.64. The summed E-state index contributed by atoms with van der Waals surface area (Å²) in [4.78, 5) is 12.5. The molecule has 1 aliphatic rings. The molecule has 136 valence electrons. The lowest BCUT2D eigenvalue weighted by molar-refractivity contribution is 0.104. The van der Waals surface area contributed by atoms with Crippen molar-refractivity contribution < 1.29 is 23.7 Å². The molecule has 0 aliphatic carbocycles. The largest absolute Gasteiger partial charge is 0.493 e. The van der Waals surface area contributed by atoms with E-state index in [4.69, 9.17) is 18.9 Å². The highest BCUT2D eigenvalue weighted by Crippen LogP contribution is 2.33. The van der Waals surface area contributed by atoms with Crippen molar-refractivity contribution in [2.75, 3.05) is 20.3 Å². The summed E-state index contributed by atoms with van der Waals surface area (Å²) in [5.74, 6) is 2.39. The molecular formula is C21H22O5. The molecular weight excluding hydrogens is 332 g/mol. The first-order valence-electron chi connectivity index (χ1n) is 8.54. The van der Waals surface area contributed by atoms with E-state index < -0.39 is 0 Å². The van der Waals surface area contributed by atoms with Crippen LogP contribution in [0, 0.1) is 0 Å². The number of ether oxygens (including phenoxy) is 4. The molecule has 5 heteroatoms. The summed E-state index contributed by atoms with van der Waals surface area (Å²) in [6.07, 6.45) is 3.25. The van der Waals surface area contributed by atoms with E-state index >= 15 is 0 Å². The minimum Gasteiger partial charge on any atom is -0.493 e. The number of methoxy groups -OCH3 is 1. The van der Waals surface area contributed by atoms with Gasteiger partial charge in [0.2, 0.25) is 0 Å². The van der Waals surface area contributed by atoms with Gasteiger partial charge in [-0.1, -0.05) is 12.1 Å². The van der Waals surface area contributed by atoms with Gasteiger partial charge in [0.15, 0.2) is 28.8 Å². The SMILES string of the molecule is COc1cccc(C=CC(=O)c2ccc3c(c2)OCCO3)c1OC(C)C. The molecule has 5 nitrogen and oxygen atoms in total. The fourth-order valence-corrected chi connectivity index (χ4v) is 2.64. The summed E-state index contributed by atoms with van der Waals surface area (Å²) >= 11 is 0. The predicted octanol–water partition coefficient (Wildman–Crippen LogP) is 4.15. The molecule has 0 atom stereocenters. The van der Waals surface area contributed by atoms with E-state index in [0.29, 0.717) is 41.8 Å². The second kappa shape index (κ2) is 7.95. The number of para-hydroxylation sites is 1. The highest BCUT2D eigenvalue weighted by Gasteiger charge is 2.14. The van der Waals surface area contributed by atoms with Crippen molar-refractivity contribution in [2.24, 2.45) is 0 Å². The normalized spacial score (nSPS) is 13.1. The van der Waals surface area contributed by atoms with Crippen molar-refractivity contribution in [1.29, 1.82) is 0 Å². The molecule has 0 saturated heterocycles. The van der Waals surface area contributed by atoms with Crippen LogP contribution in [0.5, 0.6) is 23.0 Å². The molecule has 0 unspecified atom stereocenters. The second-order valence-electron chi connectivity index (χ2n) is 6.10. The maximum atomic E-state index is 12.5. The van der Waals surface area contributed by atoms with Crippen LogP contribution in [-0.2, 0) is 0 Å². The van der Waals surface area contributed by atoms with Crippen LogP contribution in [-0.4, -0.2) is 32.2 Å². The van der Waals surface area contributed by atoms with Crippen LogP contribution in [0.2, 0.25) is 0 Å². The molecule has 0 bridgehead atoms. The van der Waals surface area contributed by atoms with Crippen molar-refractivity contribution in [3.63, 3.8) is 0 Å². The van der Waals surface area contributed by atoms with Crippen molar-refractivity contribution in [3.05, 3.63) is 53.6 Å². The minimum absolute atomic E-state index is 0.00746. The molecule has 0 saturated carbocycles. The van der Waals surface area contributed by atoms with Gasteiger partial charge in [0, 0.05) is 11.1 Å². The van der Waals surface area contributed by atoms with Crippen LogP contribution in [0.15, 0.2) is 42.5 Å². The maximum absolute atomic E-state index is 12.5. The molecule has 1 aliphatic heterocycles. The number of carbonyl (C=O) groups excluding carboxylic acids is 1. The molecule has 0 spiro atoms. The molecule has 0 radical (unpaired) electrons. The van der Waals surface area contributed by atoms with Crippen LogP contribution in [0.1, 0.15) is 29.8 Å². The first kappa shape index (κ1) is 17.9. The average molecular weight is 354 g/mol. The Morgan fingerprint density at radius 1 is 1.12 bits per heavy atom. The van der Waals surface area contributed by atoms with E-state index in [1.54, 1.807) is 31.4 Å². The summed E-state index contributed by atoms with van der Waals surface area (Å²) in [7, 11) is 1.59. The number of hydrogen-bond donors (Lipinski definition) is 0. The Bertz CT molecular complexity index is 823. The molecule has 2 aromatic rings. The van der Waals surface area contributed by atoms with Crippen LogP contribution in [0.25, 0.3) is 6.08 Å². The summed E-state index contributed by atoms with van der Waals surface area (Å²) in [5, 5.41) is 0. The zero-order chi connectivity index (χ0) is 18.5. The quantitative estimate of drug-likeness (QED) is 0.576. The third-order valence-corrected chi connectivity index (χ3v) is 3.82. The van der Waals surface area contributed by atoms with Crippen molar-refractivity contribution in [1.82, 2.24) is 0 Å². The highest BCUT2D eigenvalue weighted by atomic mass is 16.6. The van der Waals surface area contributed by atoms with Crippen molar-refractivity contribution in [3.8, 4) is 23.0 Å². The molecule has 1 heterocycles. The number of benzene rings is 2. The van der Waals surface area contributed by atoms with Gasteiger partial charge in [-0.15, -0.1) is 0 Å². The Balaban J connectivity index is 1.84. The molecule has 0 amide bonds. The minimum atomic E-state index is -0.125. The van der Waals surface area contributed by atoms with Gasteiger partial charge in [-0.05, 0) is 50.3 Å².